The van der Waals surface area contributed by atoms with Crippen LogP contribution in [0, 0.1) is 0 Å². The lowest BCUT2D eigenvalue weighted by molar-refractivity contribution is 1.28. The maximum absolute atomic E-state index is 12.4. The monoisotopic (exact) mass is 303 g/mol. The van der Waals surface area contributed by atoms with E-state index in [-0.39, 0.29) is 5.56 Å². The Bertz CT molecular complexity index is 984. The van der Waals surface area contributed by atoms with Crippen LogP contribution in [0.3, 0.4) is 0 Å². The van der Waals surface area contributed by atoms with E-state index in [0.29, 0.717) is 0 Å². The van der Waals surface area contributed by atoms with Gasteiger partial charge in [-0.15, -0.1) is 11.3 Å². The topological polar surface area (TPSA) is 32.9 Å². The van der Waals surface area contributed by atoms with Crippen LogP contribution in [0.5, 0.6) is 0 Å². The summed E-state index contributed by atoms with van der Waals surface area (Å²) in [5, 5.41) is 2.73. The molecule has 0 spiro atoms. The quantitative estimate of drug-likeness (QED) is 0.560. The lowest BCUT2D eigenvalue weighted by Gasteiger charge is -2.11. The van der Waals surface area contributed by atoms with Gasteiger partial charge in [0.05, 0.1) is 11.1 Å². The van der Waals surface area contributed by atoms with Gasteiger partial charge >= 0.3 is 0 Å². The standard InChI is InChI=1S/C19H13NOS/c21-19-15-11-12-22-18(15)16(13-7-3-1-4-8-13)17(20-19)14-9-5-2-6-10-14/h1-12H,(H,20,21). The molecule has 22 heavy (non-hydrogen) atoms. The molecule has 2 aromatic heterocycles. The van der Waals surface area contributed by atoms with Gasteiger partial charge in [-0.2, -0.15) is 0 Å². The van der Waals surface area contributed by atoms with Gasteiger partial charge in [-0.05, 0) is 22.6 Å². The van der Waals surface area contributed by atoms with E-state index in [1.54, 1.807) is 11.3 Å². The van der Waals surface area contributed by atoms with Crippen LogP contribution < -0.4 is 5.56 Å². The molecule has 0 saturated heterocycles. The zero-order valence-corrected chi connectivity index (χ0v) is 12.6. The number of nitrogens with one attached hydrogen (secondary N) is 1. The summed E-state index contributed by atoms with van der Waals surface area (Å²) >= 11 is 1.61. The van der Waals surface area contributed by atoms with Crippen LogP contribution in [0.25, 0.3) is 32.5 Å². The highest BCUT2D eigenvalue weighted by atomic mass is 32.1. The number of benzene rings is 2. The molecule has 0 radical (unpaired) electrons. The fourth-order valence-corrected chi connectivity index (χ4v) is 3.71. The minimum Gasteiger partial charge on any atom is -0.321 e. The molecule has 0 unspecified atom stereocenters. The molecule has 2 heterocycles. The maximum atomic E-state index is 12.4. The Morgan fingerprint density at radius 2 is 1.41 bits per heavy atom. The van der Waals surface area contributed by atoms with Crippen molar-refractivity contribution in [1.29, 1.82) is 0 Å². The van der Waals surface area contributed by atoms with Gasteiger partial charge in [-0.1, -0.05) is 60.7 Å². The van der Waals surface area contributed by atoms with Crippen molar-refractivity contribution >= 4 is 21.4 Å². The van der Waals surface area contributed by atoms with Gasteiger partial charge in [0.15, 0.2) is 0 Å². The Hall–Kier alpha value is -2.65. The van der Waals surface area contributed by atoms with Crippen molar-refractivity contribution in [1.82, 2.24) is 4.98 Å². The molecule has 1 N–H and O–H groups in total. The van der Waals surface area contributed by atoms with Gasteiger partial charge in [0.25, 0.3) is 5.56 Å². The van der Waals surface area contributed by atoms with Crippen molar-refractivity contribution < 1.29 is 0 Å². The molecular weight excluding hydrogens is 290 g/mol. The number of fused-ring (bicyclic) bond motifs is 1. The minimum absolute atomic E-state index is 0.0326. The van der Waals surface area contributed by atoms with Gasteiger partial charge in [-0.3, -0.25) is 4.79 Å². The molecule has 3 heteroatoms. The summed E-state index contributed by atoms with van der Waals surface area (Å²) in [7, 11) is 0. The zero-order valence-electron chi connectivity index (χ0n) is 11.7. The summed E-state index contributed by atoms with van der Waals surface area (Å²) in [6, 6.07) is 22.1. The average Bonchev–Trinajstić information content (AvgIpc) is 3.06. The lowest BCUT2D eigenvalue weighted by Crippen LogP contribution is -2.07. The third-order valence-corrected chi connectivity index (χ3v) is 4.68. The number of H-pyrrole nitrogens is 1. The Morgan fingerprint density at radius 3 is 2.09 bits per heavy atom. The molecular formula is C19H13NOS. The second kappa shape index (κ2) is 5.28. The number of hydrogen-bond donors (Lipinski definition) is 1. The first-order chi connectivity index (χ1) is 10.8. The summed E-state index contributed by atoms with van der Waals surface area (Å²) in [4.78, 5) is 15.4. The van der Waals surface area contributed by atoms with Crippen molar-refractivity contribution in [3.05, 3.63) is 82.5 Å². The number of pyridine rings is 1. The molecule has 0 aliphatic rings. The fraction of sp³-hybridized carbons (Fsp3) is 0. The SMILES string of the molecule is O=c1[nH]c(-c2ccccc2)c(-c2ccccc2)c2sccc12. The number of hydrogen-bond acceptors (Lipinski definition) is 2. The first-order valence-corrected chi connectivity index (χ1v) is 7.97. The maximum Gasteiger partial charge on any atom is 0.257 e. The summed E-state index contributed by atoms with van der Waals surface area (Å²) in [5.41, 5.74) is 4.08. The molecule has 0 aliphatic carbocycles. The second-order valence-corrected chi connectivity index (χ2v) is 6.02. The number of aromatic amines is 1. The average molecular weight is 303 g/mol. The highest BCUT2D eigenvalue weighted by molar-refractivity contribution is 7.17. The van der Waals surface area contributed by atoms with Crippen molar-refractivity contribution in [3.8, 4) is 22.4 Å². The van der Waals surface area contributed by atoms with E-state index in [1.807, 2.05) is 60.0 Å². The molecule has 4 rings (SSSR count). The smallest absolute Gasteiger partial charge is 0.257 e. The second-order valence-electron chi connectivity index (χ2n) is 5.10. The van der Waals surface area contributed by atoms with Crippen molar-refractivity contribution in [2.45, 2.75) is 0 Å². The minimum atomic E-state index is -0.0326. The van der Waals surface area contributed by atoms with E-state index in [9.17, 15) is 4.79 Å². The largest absolute Gasteiger partial charge is 0.321 e. The van der Waals surface area contributed by atoms with Gasteiger partial charge in [0.2, 0.25) is 0 Å². The van der Waals surface area contributed by atoms with E-state index >= 15 is 0 Å². The zero-order chi connectivity index (χ0) is 14.9. The van der Waals surface area contributed by atoms with Gasteiger partial charge in [-0.25, -0.2) is 0 Å². The molecule has 0 saturated carbocycles. The predicted octanol–water partition coefficient (Wildman–Crippen LogP) is 4.92. The van der Waals surface area contributed by atoms with Crippen LogP contribution in [0.15, 0.2) is 76.9 Å². The Labute approximate surface area is 131 Å². The Kier molecular flexibility index (Phi) is 3.13. The number of thiophene rings is 1. The highest BCUT2D eigenvalue weighted by Gasteiger charge is 2.15. The summed E-state index contributed by atoms with van der Waals surface area (Å²) < 4.78 is 1.04. The van der Waals surface area contributed by atoms with Gasteiger partial charge in [0.1, 0.15) is 0 Å². The van der Waals surface area contributed by atoms with E-state index in [0.717, 1.165) is 32.5 Å². The van der Waals surface area contributed by atoms with Crippen LogP contribution in [0.4, 0.5) is 0 Å². The first-order valence-electron chi connectivity index (χ1n) is 7.09. The van der Waals surface area contributed by atoms with Crippen molar-refractivity contribution in [2.24, 2.45) is 0 Å². The third-order valence-electron chi connectivity index (χ3n) is 3.75. The van der Waals surface area contributed by atoms with Crippen molar-refractivity contribution in [2.75, 3.05) is 0 Å². The Morgan fingerprint density at radius 1 is 0.773 bits per heavy atom. The molecule has 0 amide bonds. The normalized spacial score (nSPS) is 10.9. The van der Waals surface area contributed by atoms with Crippen LogP contribution >= 0.6 is 11.3 Å². The lowest BCUT2D eigenvalue weighted by atomic mass is 9.98. The first kappa shape index (κ1) is 13.0. The number of rotatable bonds is 2. The molecule has 0 bridgehead atoms. The number of aromatic nitrogens is 1. The van der Waals surface area contributed by atoms with E-state index in [1.165, 1.54) is 0 Å². The summed E-state index contributed by atoms with van der Waals surface area (Å²) in [6.45, 7) is 0. The molecule has 0 atom stereocenters. The van der Waals surface area contributed by atoms with Crippen LogP contribution in [0.1, 0.15) is 0 Å². The van der Waals surface area contributed by atoms with Crippen LogP contribution in [-0.4, -0.2) is 4.98 Å². The van der Waals surface area contributed by atoms with E-state index in [4.69, 9.17) is 0 Å². The summed E-state index contributed by atoms with van der Waals surface area (Å²) in [6.07, 6.45) is 0. The molecule has 2 nitrogen and oxygen atoms in total. The molecule has 4 aromatic rings. The molecule has 0 aliphatic heterocycles. The van der Waals surface area contributed by atoms with Gasteiger partial charge in [0, 0.05) is 10.3 Å². The van der Waals surface area contributed by atoms with E-state index in [2.05, 4.69) is 17.1 Å². The third kappa shape index (κ3) is 2.07. The molecule has 106 valence electrons. The Balaban J connectivity index is 2.14. The predicted molar refractivity (Wildman–Crippen MR) is 93.3 cm³/mol. The molecule has 0 fully saturated rings. The van der Waals surface area contributed by atoms with Crippen molar-refractivity contribution in [3.63, 3.8) is 0 Å². The summed E-state index contributed by atoms with van der Waals surface area (Å²) in [5.74, 6) is 0. The highest BCUT2D eigenvalue weighted by Crippen LogP contribution is 2.37. The van der Waals surface area contributed by atoms with E-state index < -0.39 is 0 Å². The van der Waals surface area contributed by atoms with Gasteiger partial charge < -0.3 is 4.98 Å². The van der Waals surface area contributed by atoms with Crippen LogP contribution in [0.2, 0.25) is 0 Å². The molecule has 2 aromatic carbocycles. The van der Waals surface area contributed by atoms with Crippen LogP contribution in [-0.2, 0) is 0 Å². The fourth-order valence-electron chi connectivity index (χ4n) is 2.74.